The third kappa shape index (κ3) is 2.36. The highest BCUT2D eigenvalue weighted by Gasteiger charge is 2.11. The van der Waals surface area contributed by atoms with E-state index in [1.807, 2.05) is 24.5 Å². The van der Waals surface area contributed by atoms with E-state index in [2.05, 4.69) is 34.1 Å². The van der Waals surface area contributed by atoms with Crippen LogP contribution in [0.15, 0.2) is 48.8 Å². The van der Waals surface area contributed by atoms with Gasteiger partial charge in [-0.05, 0) is 35.4 Å². The van der Waals surface area contributed by atoms with E-state index in [4.69, 9.17) is 4.74 Å². The van der Waals surface area contributed by atoms with Gasteiger partial charge in [0.25, 0.3) is 0 Å². The SMILES string of the molecule is c1cc(-c2ccncc2)cc(N2CCOCC2)c1. The quantitative estimate of drug-likeness (QED) is 0.806. The number of rotatable bonds is 2. The normalized spacial score (nSPS) is 15.7. The predicted molar refractivity (Wildman–Crippen MR) is 72.7 cm³/mol. The van der Waals surface area contributed by atoms with Crippen molar-refractivity contribution in [2.75, 3.05) is 31.2 Å². The van der Waals surface area contributed by atoms with Crippen LogP contribution in [0.2, 0.25) is 0 Å². The third-order valence-electron chi connectivity index (χ3n) is 3.24. The highest BCUT2D eigenvalue weighted by Crippen LogP contribution is 2.24. The molecule has 0 atom stereocenters. The first-order valence-corrected chi connectivity index (χ1v) is 6.27. The lowest BCUT2D eigenvalue weighted by atomic mass is 10.1. The average Bonchev–Trinajstić information content (AvgIpc) is 2.49. The Morgan fingerprint density at radius 3 is 2.50 bits per heavy atom. The summed E-state index contributed by atoms with van der Waals surface area (Å²) in [6.45, 7) is 3.58. The fourth-order valence-electron chi connectivity index (χ4n) is 2.25. The zero-order chi connectivity index (χ0) is 12.2. The van der Waals surface area contributed by atoms with E-state index in [-0.39, 0.29) is 0 Å². The number of pyridine rings is 1. The minimum Gasteiger partial charge on any atom is -0.378 e. The molecule has 3 nitrogen and oxygen atoms in total. The summed E-state index contributed by atoms with van der Waals surface area (Å²) in [6, 6.07) is 12.7. The maximum Gasteiger partial charge on any atom is 0.0642 e. The number of anilines is 1. The smallest absolute Gasteiger partial charge is 0.0642 e. The number of morpholine rings is 1. The Morgan fingerprint density at radius 2 is 1.72 bits per heavy atom. The molecule has 0 spiro atoms. The molecule has 3 rings (SSSR count). The number of nitrogens with zero attached hydrogens (tertiary/aromatic N) is 2. The first-order valence-electron chi connectivity index (χ1n) is 6.27. The van der Waals surface area contributed by atoms with Crippen molar-refractivity contribution in [1.29, 1.82) is 0 Å². The van der Waals surface area contributed by atoms with Crippen LogP contribution >= 0.6 is 0 Å². The number of hydrogen-bond donors (Lipinski definition) is 0. The van der Waals surface area contributed by atoms with Crippen LogP contribution < -0.4 is 4.90 Å². The van der Waals surface area contributed by atoms with Crippen molar-refractivity contribution in [3.63, 3.8) is 0 Å². The predicted octanol–water partition coefficient (Wildman–Crippen LogP) is 2.59. The molecule has 1 saturated heterocycles. The monoisotopic (exact) mass is 240 g/mol. The standard InChI is InChI=1S/C15H16N2O/c1-2-14(13-4-6-16-7-5-13)12-15(3-1)17-8-10-18-11-9-17/h1-7,12H,8-11H2. The number of aromatic nitrogens is 1. The number of hydrogen-bond acceptors (Lipinski definition) is 3. The van der Waals surface area contributed by atoms with E-state index >= 15 is 0 Å². The fourth-order valence-corrected chi connectivity index (χ4v) is 2.25. The third-order valence-corrected chi connectivity index (χ3v) is 3.24. The van der Waals surface area contributed by atoms with Crippen LogP contribution in [0.25, 0.3) is 11.1 Å². The fraction of sp³-hybridized carbons (Fsp3) is 0.267. The second kappa shape index (κ2) is 5.19. The van der Waals surface area contributed by atoms with Crippen LogP contribution in [-0.4, -0.2) is 31.3 Å². The Labute approximate surface area is 107 Å². The first kappa shape index (κ1) is 11.2. The molecule has 0 unspecified atom stereocenters. The zero-order valence-corrected chi connectivity index (χ0v) is 10.2. The van der Waals surface area contributed by atoms with Crippen LogP contribution in [-0.2, 0) is 4.74 Å². The van der Waals surface area contributed by atoms with E-state index in [0.717, 1.165) is 26.3 Å². The van der Waals surface area contributed by atoms with Crippen molar-refractivity contribution < 1.29 is 4.74 Å². The van der Waals surface area contributed by atoms with Gasteiger partial charge in [0, 0.05) is 31.2 Å². The van der Waals surface area contributed by atoms with Gasteiger partial charge in [0.1, 0.15) is 0 Å². The molecular formula is C15H16N2O. The van der Waals surface area contributed by atoms with Gasteiger partial charge < -0.3 is 9.64 Å². The van der Waals surface area contributed by atoms with Crippen LogP contribution in [0, 0.1) is 0 Å². The minimum atomic E-state index is 0.819. The summed E-state index contributed by atoms with van der Waals surface area (Å²) >= 11 is 0. The van der Waals surface area contributed by atoms with E-state index in [0.29, 0.717) is 0 Å². The van der Waals surface area contributed by atoms with Gasteiger partial charge in [-0.3, -0.25) is 4.98 Å². The van der Waals surface area contributed by atoms with Crippen molar-refractivity contribution in [3.05, 3.63) is 48.8 Å². The summed E-state index contributed by atoms with van der Waals surface area (Å²) in [5, 5.41) is 0. The van der Waals surface area contributed by atoms with Gasteiger partial charge in [-0.2, -0.15) is 0 Å². The van der Waals surface area contributed by atoms with E-state index in [9.17, 15) is 0 Å². The van der Waals surface area contributed by atoms with Gasteiger partial charge >= 0.3 is 0 Å². The first-order chi connectivity index (χ1) is 8.93. The lowest BCUT2D eigenvalue weighted by molar-refractivity contribution is 0.122. The molecule has 0 radical (unpaired) electrons. The van der Waals surface area contributed by atoms with E-state index in [1.165, 1.54) is 16.8 Å². The summed E-state index contributed by atoms with van der Waals surface area (Å²) in [7, 11) is 0. The van der Waals surface area contributed by atoms with Crippen molar-refractivity contribution in [2.24, 2.45) is 0 Å². The number of ether oxygens (including phenoxy) is 1. The van der Waals surface area contributed by atoms with Gasteiger partial charge in [-0.15, -0.1) is 0 Å². The molecule has 1 aromatic heterocycles. The molecule has 1 aliphatic rings. The lowest BCUT2D eigenvalue weighted by Crippen LogP contribution is -2.36. The molecule has 0 N–H and O–H groups in total. The maximum absolute atomic E-state index is 5.39. The molecule has 0 aliphatic carbocycles. The molecule has 1 fully saturated rings. The largest absolute Gasteiger partial charge is 0.378 e. The molecule has 1 aliphatic heterocycles. The molecule has 1 aromatic carbocycles. The molecular weight excluding hydrogens is 224 g/mol. The lowest BCUT2D eigenvalue weighted by Gasteiger charge is -2.29. The van der Waals surface area contributed by atoms with Crippen LogP contribution in [0.4, 0.5) is 5.69 Å². The Morgan fingerprint density at radius 1 is 0.944 bits per heavy atom. The summed E-state index contributed by atoms with van der Waals surface area (Å²) in [4.78, 5) is 6.43. The molecule has 18 heavy (non-hydrogen) atoms. The van der Waals surface area contributed by atoms with E-state index in [1.54, 1.807) is 0 Å². The van der Waals surface area contributed by atoms with Crippen molar-refractivity contribution >= 4 is 5.69 Å². The Balaban J connectivity index is 1.89. The Bertz CT molecular complexity index is 507. The van der Waals surface area contributed by atoms with Crippen molar-refractivity contribution in [3.8, 4) is 11.1 Å². The average molecular weight is 240 g/mol. The molecule has 2 aromatic rings. The minimum absolute atomic E-state index is 0.819. The summed E-state index contributed by atoms with van der Waals surface area (Å²) in [5.74, 6) is 0. The maximum atomic E-state index is 5.39. The highest BCUT2D eigenvalue weighted by molar-refractivity contribution is 5.68. The highest BCUT2D eigenvalue weighted by atomic mass is 16.5. The molecule has 2 heterocycles. The molecule has 92 valence electrons. The van der Waals surface area contributed by atoms with Crippen LogP contribution in [0.1, 0.15) is 0 Å². The number of benzene rings is 1. The summed E-state index contributed by atoms with van der Waals surface area (Å²) in [6.07, 6.45) is 3.66. The van der Waals surface area contributed by atoms with Crippen LogP contribution in [0.5, 0.6) is 0 Å². The van der Waals surface area contributed by atoms with Gasteiger partial charge in [-0.1, -0.05) is 12.1 Å². The van der Waals surface area contributed by atoms with Gasteiger partial charge in [0.05, 0.1) is 13.2 Å². The van der Waals surface area contributed by atoms with Crippen LogP contribution in [0.3, 0.4) is 0 Å². The summed E-state index contributed by atoms with van der Waals surface area (Å²) in [5.41, 5.74) is 3.72. The molecule has 0 saturated carbocycles. The zero-order valence-electron chi connectivity index (χ0n) is 10.2. The van der Waals surface area contributed by atoms with Crippen molar-refractivity contribution in [1.82, 2.24) is 4.98 Å². The second-order valence-corrected chi connectivity index (χ2v) is 4.39. The second-order valence-electron chi connectivity index (χ2n) is 4.39. The molecule has 0 bridgehead atoms. The van der Waals surface area contributed by atoms with Gasteiger partial charge in [-0.25, -0.2) is 0 Å². The molecule has 0 amide bonds. The van der Waals surface area contributed by atoms with Gasteiger partial charge in [0.2, 0.25) is 0 Å². The Kier molecular flexibility index (Phi) is 3.24. The Hall–Kier alpha value is -1.87. The molecule has 3 heteroatoms. The van der Waals surface area contributed by atoms with Crippen molar-refractivity contribution in [2.45, 2.75) is 0 Å². The van der Waals surface area contributed by atoms with E-state index < -0.39 is 0 Å². The van der Waals surface area contributed by atoms with Gasteiger partial charge in [0.15, 0.2) is 0 Å². The summed E-state index contributed by atoms with van der Waals surface area (Å²) < 4.78 is 5.39. The topological polar surface area (TPSA) is 25.4 Å².